The number of methoxy groups -OCH3 is 1. The van der Waals surface area contributed by atoms with Gasteiger partial charge in [-0.25, -0.2) is 0 Å². The SMILES string of the molecule is COc1ccccc1C1=[N+]([O-])c2cc3ccccc3cc2C1=O. The lowest BCUT2D eigenvalue weighted by Crippen LogP contribution is -2.17. The third-order valence-electron chi connectivity index (χ3n) is 4.11. The van der Waals surface area contributed by atoms with Crippen LogP contribution in [-0.2, 0) is 0 Å². The number of fused-ring (bicyclic) bond motifs is 2. The first kappa shape index (κ1) is 13.5. The predicted molar refractivity (Wildman–Crippen MR) is 88.7 cm³/mol. The zero-order chi connectivity index (χ0) is 16.0. The van der Waals surface area contributed by atoms with Gasteiger partial charge in [-0.15, -0.1) is 0 Å². The molecule has 3 aromatic carbocycles. The molecular weight excluding hydrogens is 290 g/mol. The number of rotatable bonds is 2. The summed E-state index contributed by atoms with van der Waals surface area (Å²) < 4.78 is 6.00. The highest BCUT2D eigenvalue weighted by Gasteiger charge is 2.38. The smallest absolute Gasteiger partial charge is 0.276 e. The summed E-state index contributed by atoms with van der Waals surface area (Å²) in [6.07, 6.45) is 0. The Labute approximate surface area is 132 Å². The van der Waals surface area contributed by atoms with Gasteiger partial charge >= 0.3 is 0 Å². The molecule has 0 spiro atoms. The number of nitrogens with zero attached hydrogens (tertiary/aromatic N) is 1. The zero-order valence-corrected chi connectivity index (χ0v) is 12.4. The summed E-state index contributed by atoms with van der Waals surface area (Å²) in [5.41, 5.74) is 1.43. The van der Waals surface area contributed by atoms with E-state index in [0.717, 1.165) is 10.8 Å². The lowest BCUT2D eigenvalue weighted by atomic mass is 9.99. The van der Waals surface area contributed by atoms with Crippen LogP contribution in [0.1, 0.15) is 15.9 Å². The molecule has 3 aromatic rings. The van der Waals surface area contributed by atoms with Gasteiger partial charge in [0.2, 0.25) is 5.69 Å². The highest BCUT2D eigenvalue weighted by molar-refractivity contribution is 6.52. The lowest BCUT2D eigenvalue weighted by molar-refractivity contribution is -0.355. The molecule has 0 radical (unpaired) electrons. The van der Waals surface area contributed by atoms with Crippen LogP contribution in [0.2, 0.25) is 0 Å². The molecule has 0 saturated heterocycles. The molecule has 0 atom stereocenters. The first-order valence-electron chi connectivity index (χ1n) is 7.26. The van der Waals surface area contributed by atoms with Gasteiger partial charge in [-0.05, 0) is 29.0 Å². The molecule has 0 bridgehead atoms. The lowest BCUT2D eigenvalue weighted by Gasteiger charge is -2.06. The Kier molecular flexibility index (Phi) is 2.91. The van der Waals surface area contributed by atoms with E-state index in [2.05, 4.69) is 0 Å². The van der Waals surface area contributed by atoms with Crippen LogP contribution in [-0.4, -0.2) is 23.3 Å². The quantitative estimate of drug-likeness (QED) is 0.536. The van der Waals surface area contributed by atoms with Crippen molar-refractivity contribution in [3.05, 3.63) is 77.0 Å². The van der Waals surface area contributed by atoms with Gasteiger partial charge in [-0.2, -0.15) is 4.74 Å². The minimum atomic E-state index is -0.273. The molecule has 1 aliphatic rings. The second-order valence-electron chi connectivity index (χ2n) is 5.39. The number of Topliss-reactive ketones (excluding diaryl/α,β-unsaturated/α-hetero) is 1. The van der Waals surface area contributed by atoms with E-state index in [0.29, 0.717) is 27.3 Å². The van der Waals surface area contributed by atoms with Crippen molar-refractivity contribution in [1.29, 1.82) is 0 Å². The minimum Gasteiger partial charge on any atom is -0.618 e. The fourth-order valence-corrected chi connectivity index (χ4v) is 2.99. The van der Waals surface area contributed by atoms with Gasteiger partial charge in [-0.1, -0.05) is 36.4 Å². The number of benzene rings is 3. The van der Waals surface area contributed by atoms with E-state index in [4.69, 9.17) is 4.74 Å². The molecule has 0 fully saturated rings. The first-order valence-corrected chi connectivity index (χ1v) is 7.26. The maximum Gasteiger partial charge on any atom is 0.276 e. The topological polar surface area (TPSA) is 52.4 Å². The molecular formula is C19H13NO3. The molecule has 0 aromatic heterocycles. The Bertz CT molecular complexity index is 989. The molecule has 4 heteroatoms. The maximum atomic E-state index is 12.8. The van der Waals surface area contributed by atoms with Crippen molar-refractivity contribution in [2.45, 2.75) is 0 Å². The monoisotopic (exact) mass is 303 g/mol. The van der Waals surface area contributed by atoms with E-state index < -0.39 is 0 Å². The summed E-state index contributed by atoms with van der Waals surface area (Å²) in [5, 5.41) is 14.6. The summed E-state index contributed by atoms with van der Waals surface area (Å²) in [7, 11) is 1.52. The van der Waals surface area contributed by atoms with E-state index in [9.17, 15) is 10.0 Å². The largest absolute Gasteiger partial charge is 0.618 e. The van der Waals surface area contributed by atoms with Crippen molar-refractivity contribution in [3.63, 3.8) is 0 Å². The fourth-order valence-electron chi connectivity index (χ4n) is 2.99. The van der Waals surface area contributed by atoms with Gasteiger partial charge in [0, 0.05) is 6.07 Å². The Morgan fingerprint density at radius 3 is 2.30 bits per heavy atom. The molecule has 0 aliphatic carbocycles. The standard InChI is InChI=1S/C19H13NO3/c1-23-17-9-5-4-8-14(17)18-19(21)15-10-12-6-2-3-7-13(12)11-16(15)20(18)22/h2-11H,1H3. The molecule has 0 amide bonds. The van der Waals surface area contributed by atoms with Crippen molar-refractivity contribution in [2.75, 3.05) is 7.11 Å². The summed E-state index contributed by atoms with van der Waals surface area (Å²) in [5.74, 6) is 0.235. The number of para-hydroxylation sites is 1. The van der Waals surface area contributed by atoms with Crippen LogP contribution >= 0.6 is 0 Å². The maximum absolute atomic E-state index is 12.8. The van der Waals surface area contributed by atoms with Crippen LogP contribution < -0.4 is 4.74 Å². The van der Waals surface area contributed by atoms with Gasteiger partial charge in [0.15, 0.2) is 0 Å². The number of carbonyl (C=O) groups is 1. The van der Waals surface area contributed by atoms with E-state index in [-0.39, 0.29) is 11.5 Å². The van der Waals surface area contributed by atoms with Gasteiger partial charge in [0.1, 0.15) is 11.3 Å². The Hall–Kier alpha value is -3.14. The van der Waals surface area contributed by atoms with E-state index in [1.165, 1.54) is 7.11 Å². The number of hydrogen-bond acceptors (Lipinski definition) is 3. The normalized spacial score (nSPS) is 13.5. The van der Waals surface area contributed by atoms with Crippen LogP contribution in [0.15, 0.2) is 60.7 Å². The third kappa shape index (κ3) is 1.92. The zero-order valence-electron chi connectivity index (χ0n) is 12.4. The third-order valence-corrected chi connectivity index (χ3v) is 4.11. The number of carbonyl (C=O) groups excluding carboxylic acids is 1. The summed E-state index contributed by atoms with van der Waals surface area (Å²) >= 11 is 0. The molecule has 0 saturated carbocycles. The van der Waals surface area contributed by atoms with Crippen molar-refractivity contribution in [1.82, 2.24) is 0 Å². The highest BCUT2D eigenvalue weighted by atomic mass is 16.5. The molecule has 1 heterocycles. The van der Waals surface area contributed by atoms with Gasteiger partial charge < -0.3 is 9.94 Å². The second-order valence-corrected chi connectivity index (χ2v) is 5.39. The Morgan fingerprint density at radius 2 is 1.57 bits per heavy atom. The highest BCUT2D eigenvalue weighted by Crippen LogP contribution is 2.34. The van der Waals surface area contributed by atoms with Gasteiger partial charge in [0.25, 0.3) is 11.5 Å². The van der Waals surface area contributed by atoms with E-state index in [1.54, 1.807) is 36.4 Å². The average Bonchev–Trinajstić information content (AvgIpc) is 2.83. The molecule has 1 aliphatic heterocycles. The predicted octanol–water partition coefficient (Wildman–Crippen LogP) is 3.68. The van der Waals surface area contributed by atoms with Crippen LogP contribution in [0.4, 0.5) is 5.69 Å². The molecule has 4 nitrogen and oxygen atoms in total. The molecule has 0 N–H and O–H groups in total. The van der Waals surface area contributed by atoms with E-state index in [1.807, 2.05) is 24.3 Å². The molecule has 112 valence electrons. The van der Waals surface area contributed by atoms with Gasteiger partial charge in [0.05, 0.1) is 12.7 Å². The minimum absolute atomic E-state index is 0.104. The molecule has 4 rings (SSSR count). The van der Waals surface area contributed by atoms with Crippen LogP contribution in [0, 0.1) is 5.21 Å². The Morgan fingerprint density at radius 1 is 0.913 bits per heavy atom. The van der Waals surface area contributed by atoms with Crippen molar-refractivity contribution in [3.8, 4) is 5.75 Å². The fraction of sp³-hybridized carbons (Fsp3) is 0.0526. The van der Waals surface area contributed by atoms with E-state index >= 15 is 0 Å². The molecule has 23 heavy (non-hydrogen) atoms. The van der Waals surface area contributed by atoms with Crippen LogP contribution in [0.25, 0.3) is 10.8 Å². The Balaban J connectivity index is 1.97. The summed E-state index contributed by atoms with van der Waals surface area (Å²) in [4.78, 5) is 12.8. The number of hydrogen-bond donors (Lipinski definition) is 0. The second kappa shape index (κ2) is 4.95. The van der Waals surface area contributed by atoms with Crippen molar-refractivity contribution in [2.24, 2.45) is 0 Å². The summed E-state index contributed by atoms with van der Waals surface area (Å²) in [6.45, 7) is 0. The first-order chi connectivity index (χ1) is 11.2. The van der Waals surface area contributed by atoms with Crippen molar-refractivity contribution < 1.29 is 14.3 Å². The number of ketones is 1. The van der Waals surface area contributed by atoms with Crippen LogP contribution in [0.3, 0.4) is 0 Å². The molecule has 0 unspecified atom stereocenters. The van der Waals surface area contributed by atoms with Gasteiger partial charge in [-0.3, -0.25) is 4.79 Å². The number of ether oxygens (including phenoxy) is 1. The van der Waals surface area contributed by atoms with Crippen molar-refractivity contribution >= 4 is 28.0 Å². The van der Waals surface area contributed by atoms with Crippen LogP contribution in [0.5, 0.6) is 5.75 Å². The summed E-state index contributed by atoms with van der Waals surface area (Å²) in [6, 6.07) is 18.3. The average molecular weight is 303 g/mol.